The number of para-hydroxylation sites is 1. The molecule has 2 N–H and O–H groups in total. The summed E-state index contributed by atoms with van der Waals surface area (Å²) in [5.41, 5.74) is 2.23. The summed E-state index contributed by atoms with van der Waals surface area (Å²) in [6, 6.07) is 8.09. The third-order valence-corrected chi connectivity index (χ3v) is 3.72. The van der Waals surface area contributed by atoms with Gasteiger partial charge < -0.3 is 20.1 Å². The van der Waals surface area contributed by atoms with Gasteiger partial charge in [-0.2, -0.15) is 0 Å². The van der Waals surface area contributed by atoms with Gasteiger partial charge in [-0.15, -0.1) is 0 Å². The molecule has 0 bridgehead atoms. The van der Waals surface area contributed by atoms with Crippen LogP contribution in [0.2, 0.25) is 0 Å². The predicted octanol–water partition coefficient (Wildman–Crippen LogP) is 2.87. The quantitative estimate of drug-likeness (QED) is 0.599. The number of hydrogen-bond acceptors (Lipinski definition) is 3. The van der Waals surface area contributed by atoms with E-state index in [0.717, 1.165) is 44.7 Å². The summed E-state index contributed by atoms with van der Waals surface area (Å²) >= 11 is 5.28. The summed E-state index contributed by atoms with van der Waals surface area (Å²) in [5, 5.41) is 7.06. The molecule has 1 aliphatic heterocycles. The van der Waals surface area contributed by atoms with E-state index in [2.05, 4.69) is 23.6 Å². The molecule has 0 unspecified atom stereocenters. The Balaban J connectivity index is 1.52. The molecule has 0 spiro atoms. The lowest BCUT2D eigenvalue weighted by Gasteiger charge is -2.13. The first kappa shape index (κ1) is 16.2. The SMILES string of the molecule is Cc1ccccc1NC(=S)NCCCOC[C@@H]1CCCO1. The Labute approximate surface area is 132 Å². The zero-order chi connectivity index (χ0) is 14.9. The highest BCUT2D eigenvalue weighted by atomic mass is 32.1. The summed E-state index contributed by atoms with van der Waals surface area (Å²) in [4.78, 5) is 0. The van der Waals surface area contributed by atoms with Gasteiger partial charge in [-0.3, -0.25) is 0 Å². The first-order valence-corrected chi connectivity index (χ1v) is 7.96. The first-order valence-electron chi connectivity index (χ1n) is 7.55. The van der Waals surface area contributed by atoms with Gasteiger partial charge in [0.2, 0.25) is 0 Å². The van der Waals surface area contributed by atoms with Crippen LogP contribution >= 0.6 is 12.2 Å². The van der Waals surface area contributed by atoms with Crippen molar-refractivity contribution in [3.05, 3.63) is 29.8 Å². The zero-order valence-electron chi connectivity index (χ0n) is 12.6. The zero-order valence-corrected chi connectivity index (χ0v) is 13.4. The molecule has 116 valence electrons. The second-order valence-corrected chi connectivity index (χ2v) is 5.67. The molecule has 21 heavy (non-hydrogen) atoms. The average Bonchev–Trinajstić information content (AvgIpc) is 2.98. The summed E-state index contributed by atoms with van der Waals surface area (Å²) in [6.07, 6.45) is 3.53. The van der Waals surface area contributed by atoms with E-state index >= 15 is 0 Å². The van der Waals surface area contributed by atoms with Crippen molar-refractivity contribution in [3.63, 3.8) is 0 Å². The molecule has 1 atom stereocenters. The lowest BCUT2D eigenvalue weighted by molar-refractivity contribution is 0.0168. The number of aryl methyl sites for hydroxylation is 1. The summed E-state index contributed by atoms with van der Waals surface area (Å²) in [6.45, 7) is 5.20. The maximum absolute atomic E-state index is 5.61. The Kier molecular flexibility index (Phi) is 6.92. The van der Waals surface area contributed by atoms with Crippen LogP contribution in [0.1, 0.15) is 24.8 Å². The molecule has 1 aliphatic rings. The Morgan fingerprint density at radius 3 is 3.05 bits per heavy atom. The maximum Gasteiger partial charge on any atom is 0.170 e. The van der Waals surface area contributed by atoms with Crippen molar-refractivity contribution in [2.24, 2.45) is 0 Å². The van der Waals surface area contributed by atoms with Crippen LogP contribution in [0.5, 0.6) is 0 Å². The minimum absolute atomic E-state index is 0.307. The molecule has 5 heteroatoms. The van der Waals surface area contributed by atoms with E-state index < -0.39 is 0 Å². The van der Waals surface area contributed by atoms with Gasteiger partial charge in [-0.25, -0.2) is 0 Å². The van der Waals surface area contributed by atoms with Crippen molar-refractivity contribution in [2.75, 3.05) is 31.7 Å². The Morgan fingerprint density at radius 1 is 1.43 bits per heavy atom. The van der Waals surface area contributed by atoms with Crippen molar-refractivity contribution in [1.82, 2.24) is 5.32 Å². The van der Waals surface area contributed by atoms with Crippen LogP contribution in [-0.2, 0) is 9.47 Å². The average molecular weight is 308 g/mol. The molecular weight excluding hydrogens is 284 g/mol. The van der Waals surface area contributed by atoms with Crippen LogP contribution in [0.25, 0.3) is 0 Å². The second kappa shape index (κ2) is 8.97. The van der Waals surface area contributed by atoms with E-state index in [1.165, 1.54) is 5.56 Å². The van der Waals surface area contributed by atoms with E-state index in [9.17, 15) is 0 Å². The number of hydrogen-bond donors (Lipinski definition) is 2. The predicted molar refractivity (Wildman–Crippen MR) is 89.8 cm³/mol. The Morgan fingerprint density at radius 2 is 2.29 bits per heavy atom. The molecule has 1 aromatic carbocycles. The third kappa shape index (κ3) is 5.99. The highest BCUT2D eigenvalue weighted by Gasteiger charge is 2.14. The molecule has 1 heterocycles. The summed E-state index contributed by atoms with van der Waals surface area (Å²) < 4.78 is 11.1. The fourth-order valence-corrected chi connectivity index (χ4v) is 2.46. The molecular formula is C16H24N2O2S. The first-order chi connectivity index (χ1) is 10.3. The van der Waals surface area contributed by atoms with Crippen molar-refractivity contribution < 1.29 is 9.47 Å². The van der Waals surface area contributed by atoms with E-state index in [1.807, 2.05) is 18.2 Å². The third-order valence-electron chi connectivity index (χ3n) is 3.47. The van der Waals surface area contributed by atoms with E-state index in [-0.39, 0.29) is 0 Å². The lowest BCUT2D eigenvalue weighted by atomic mass is 10.2. The van der Waals surface area contributed by atoms with E-state index in [4.69, 9.17) is 21.7 Å². The summed E-state index contributed by atoms with van der Waals surface area (Å²) in [7, 11) is 0. The molecule has 2 rings (SSSR count). The molecule has 0 amide bonds. The molecule has 1 fully saturated rings. The number of rotatable bonds is 7. The molecule has 0 saturated carbocycles. The maximum atomic E-state index is 5.61. The van der Waals surface area contributed by atoms with Crippen LogP contribution < -0.4 is 10.6 Å². The van der Waals surface area contributed by atoms with Gasteiger partial charge in [0.25, 0.3) is 0 Å². The number of thiocarbonyl (C=S) groups is 1. The fraction of sp³-hybridized carbons (Fsp3) is 0.562. The van der Waals surface area contributed by atoms with Gasteiger partial charge in [0, 0.05) is 25.4 Å². The van der Waals surface area contributed by atoms with Gasteiger partial charge in [0.05, 0.1) is 12.7 Å². The van der Waals surface area contributed by atoms with Gasteiger partial charge in [-0.05, 0) is 50.0 Å². The largest absolute Gasteiger partial charge is 0.379 e. The fourth-order valence-electron chi connectivity index (χ4n) is 2.25. The normalized spacial score (nSPS) is 17.7. The number of anilines is 1. The monoisotopic (exact) mass is 308 g/mol. The van der Waals surface area contributed by atoms with Gasteiger partial charge in [0.15, 0.2) is 5.11 Å². The molecule has 0 radical (unpaired) electrons. The standard InChI is InChI=1S/C16H24N2O2S/c1-13-6-2-3-8-15(13)18-16(21)17-9-5-10-19-12-14-7-4-11-20-14/h2-3,6,8,14H,4-5,7,9-12H2,1H3,(H2,17,18,21)/t14-/m0/s1. The van der Waals surface area contributed by atoms with Crippen molar-refractivity contribution in [1.29, 1.82) is 0 Å². The molecule has 4 nitrogen and oxygen atoms in total. The number of ether oxygens (including phenoxy) is 2. The molecule has 0 aliphatic carbocycles. The van der Waals surface area contributed by atoms with Gasteiger partial charge >= 0.3 is 0 Å². The minimum atomic E-state index is 0.307. The Hall–Kier alpha value is -1.17. The van der Waals surface area contributed by atoms with Crippen LogP contribution in [0.4, 0.5) is 5.69 Å². The van der Waals surface area contributed by atoms with Crippen LogP contribution in [-0.4, -0.2) is 37.6 Å². The highest BCUT2D eigenvalue weighted by molar-refractivity contribution is 7.80. The van der Waals surface area contributed by atoms with Crippen LogP contribution in [0.3, 0.4) is 0 Å². The minimum Gasteiger partial charge on any atom is -0.379 e. The van der Waals surface area contributed by atoms with Crippen molar-refractivity contribution >= 4 is 23.0 Å². The highest BCUT2D eigenvalue weighted by Crippen LogP contribution is 2.13. The Bertz CT molecular complexity index is 448. The van der Waals surface area contributed by atoms with Crippen LogP contribution in [0, 0.1) is 6.92 Å². The van der Waals surface area contributed by atoms with Gasteiger partial charge in [-0.1, -0.05) is 18.2 Å². The van der Waals surface area contributed by atoms with Crippen molar-refractivity contribution in [3.8, 4) is 0 Å². The molecule has 1 aromatic rings. The lowest BCUT2D eigenvalue weighted by Crippen LogP contribution is -2.30. The van der Waals surface area contributed by atoms with Gasteiger partial charge in [0.1, 0.15) is 0 Å². The number of nitrogens with one attached hydrogen (secondary N) is 2. The smallest absolute Gasteiger partial charge is 0.170 e. The molecule has 0 aromatic heterocycles. The van der Waals surface area contributed by atoms with Crippen molar-refractivity contribution in [2.45, 2.75) is 32.3 Å². The number of benzene rings is 1. The summed E-state index contributed by atoms with van der Waals surface area (Å²) in [5.74, 6) is 0. The van der Waals surface area contributed by atoms with E-state index in [0.29, 0.717) is 17.8 Å². The second-order valence-electron chi connectivity index (χ2n) is 5.26. The topological polar surface area (TPSA) is 42.5 Å². The molecule has 1 saturated heterocycles. The van der Waals surface area contributed by atoms with E-state index in [1.54, 1.807) is 0 Å². The van der Waals surface area contributed by atoms with Crippen LogP contribution in [0.15, 0.2) is 24.3 Å².